The summed E-state index contributed by atoms with van der Waals surface area (Å²) in [5, 5.41) is 6.79. The molecule has 0 unspecified atom stereocenters. The maximum absolute atomic E-state index is 13.8. The van der Waals surface area contributed by atoms with Gasteiger partial charge in [-0.05, 0) is 31.4 Å². The molecule has 0 spiro atoms. The topological polar surface area (TPSA) is 72.2 Å². The van der Waals surface area contributed by atoms with Gasteiger partial charge in [-0.3, -0.25) is 10.1 Å². The summed E-state index contributed by atoms with van der Waals surface area (Å²) in [6.45, 7) is 7.74. The largest absolute Gasteiger partial charge is 0.433 e. The van der Waals surface area contributed by atoms with Crippen molar-refractivity contribution in [1.82, 2.24) is 19.6 Å². The second-order valence-electron chi connectivity index (χ2n) is 7.71. The van der Waals surface area contributed by atoms with Gasteiger partial charge in [-0.1, -0.05) is 38.1 Å². The standard InChI is InChI=1S/C22H20F3N5OS/c1-11(2)14-5-7-15(8-6-14)17-9-18(22(23,24)25)30-19(28-17)16(10-26-30)20(31)29-21-27-12(3)13(4)32-21/h5-11H,1-4H3,(H,27,29,31). The highest BCUT2D eigenvalue weighted by Crippen LogP contribution is 2.33. The summed E-state index contributed by atoms with van der Waals surface area (Å²) in [7, 11) is 0. The smallest absolute Gasteiger partial charge is 0.298 e. The van der Waals surface area contributed by atoms with Crippen LogP contribution in [-0.2, 0) is 6.18 Å². The van der Waals surface area contributed by atoms with E-state index in [0.29, 0.717) is 15.2 Å². The average molecular weight is 459 g/mol. The number of benzene rings is 1. The molecular formula is C22H20F3N5OS. The molecule has 1 aromatic carbocycles. The molecule has 0 saturated carbocycles. The molecular weight excluding hydrogens is 439 g/mol. The lowest BCUT2D eigenvalue weighted by atomic mass is 10.0. The number of nitrogens with one attached hydrogen (secondary N) is 1. The summed E-state index contributed by atoms with van der Waals surface area (Å²) in [4.78, 5) is 22.4. The summed E-state index contributed by atoms with van der Waals surface area (Å²) in [5.41, 5.74) is 1.20. The molecule has 0 aliphatic heterocycles. The number of aromatic nitrogens is 4. The molecule has 3 heterocycles. The summed E-state index contributed by atoms with van der Waals surface area (Å²) < 4.78 is 42.0. The van der Waals surface area contributed by atoms with Gasteiger partial charge in [0.1, 0.15) is 5.56 Å². The number of thiazole rings is 1. The lowest BCUT2D eigenvalue weighted by Crippen LogP contribution is -2.15. The second kappa shape index (κ2) is 8.01. The summed E-state index contributed by atoms with van der Waals surface area (Å²) in [6, 6.07) is 8.11. The molecule has 4 rings (SSSR count). The predicted octanol–water partition coefficient (Wildman–Crippen LogP) is 5.86. The molecule has 32 heavy (non-hydrogen) atoms. The third-order valence-corrected chi connectivity index (χ3v) is 6.12. The van der Waals surface area contributed by atoms with Gasteiger partial charge in [0.15, 0.2) is 16.5 Å². The van der Waals surface area contributed by atoms with Crippen LogP contribution in [0.25, 0.3) is 16.9 Å². The van der Waals surface area contributed by atoms with Crippen LogP contribution in [-0.4, -0.2) is 25.5 Å². The Bertz CT molecular complexity index is 1290. The minimum absolute atomic E-state index is 0.0679. The van der Waals surface area contributed by atoms with Crippen LogP contribution in [0.2, 0.25) is 0 Å². The summed E-state index contributed by atoms with van der Waals surface area (Å²) in [6.07, 6.45) is -3.59. The molecule has 166 valence electrons. The van der Waals surface area contributed by atoms with Crippen molar-refractivity contribution in [2.24, 2.45) is 0 Å². The Morgan fingerprint density at radius 3 is 2.38 bits per heavy atom. The van der Waals surface area contributed by atoms with Crippen molar-refractivity contribution in [2.45, 2.75) is 39.8 Å². The third kappa shape index (κ3) is 4.10. The molecule has 0 bridgehead atoms. The SMILES string of the molecule is Cc1nc(NC(=O)c2cnn3c(C(F)(F)F)cc(-c4ccc(C(C)C)cc4)nc23)sc1C. The quantitative estimate of drug-likeness (QED) is 0.415. The molecule has 1 amide bonds. The number of alkyl halides is 3. The zero-order valence-electron chi connectivity index (χ0n) is 17.8. The number of aryl methyl sites for hydroxylation is 2. The number of nitrogens with zero attached hydrogens (tertiary/aromatic N) is 4. The highest BCUT2D eigenvalue weighted by atomic mass is 32.1. The number of hydrogen-bond acceptors (Lipinski definition) is 5. The van der Waals surface area contributed by atoms with E-state index in [-0.39, 0.29) is 22.8 Å². The first-order chi connectivity index (χ1) is 15.0. The van der Waals surface area contributed by atoms with E-state index >= 15 is 0 Å². The van der Waals surface area contributed by atoms with Crippen molar-refractivity contribution in [3.05, 3.63) is 63.9 Å². The number of anilines is 1. The second-order valence-corrected chi connectivity index (χ2v) is 8.91. The number of carbonyl (C=O) groups is 1. The van der Waals surface area contributed by atoms with E-state index in [1.807, 2.05) is 39.8 Å². The number of carbonyl (C=O) groups excluding carboxylic acids is 1. The van der Waals surface area contributed by atoms with Crippen LogP contribution in [0.4, 0.5) is 18.3 Å². The molecule has 6 nitrogen and oxygen atoms in total. The van der Waals surface area contributed by atoms with E-state index in [1.54, 1.807) is 12.1 Å². The first-order valence-electron chi connectivity index (χ1n) is 9.86. The van der Waals surface area contributed by atoms with Crippen LogP contribution >= 0.6 is 11.3 Å². The van der Waals surface area contributed by atoms with Crippen molar-refractivity contribution in [3.8, 4) is 11.3 Å². The van der Waals surface area contributed by atoms with E-state index in [1.165, 1.54) is 11.3 Å². The lowest BCUT2D eigenvalue weighted by Gasteiger charge is -2.12. The number of hydrogen-bond donors (Lipinski definition) is 1. The number of rotatable bonds is 4. The van der Waals surface area contributed by atoms with Gasteiger partial charge in [0.2, 0.25) is 0 Å². The minimum atomic E-state index is -4.68. The number of fused-ring (bicyclic) bond motifs is 1. The van der Waals surface area contributed by atoms with Crippen molar-refractivity contribution >= 4 is 28.0 Å². The Labute approximate surface area is 186 Å². The predicted molar refractivity (Wildman–Crippen MR) is 117 cm³/mol. The number of halogens is 3. The number of amides is 1. The van der Waals surface area contributed by atoms with Gasteiger partial charge >= 0.3 is 6.18 Å². The van der Waals surface area contributed by atoms with Gasteiger partial charge in [0, 0.05) is 10.4 Å². The average Bonchev–Trinajstić information content (AvgIpc) is 3.29. The fourth-order valence-corrected chi connectivity index (χ4v) is 4.01. The van der Waals surface area contributed by atoms with Gasteiger partial charge in [-0.25, -0.2) is 14.5 Å². The van der Waals surface area contributed by atoms with Crippen LogP contribution in [0.1, 0.15) is 52.0 Å². The Morgan fingerprint density at radius 1 is 1.12 bits per heavy atom. The molecule has 0 saturated heterocycles. The van der Waals surface area contributed by atoms with Gasteiger partial charge < -0.3 is 0 Å². The molecule has 0 radical (unpaired) electrons. The summed E-state index contributed by atoms with van der Waals surface area (Å²) >= 11 is 1.29. The third-order valence-electron chi connectivity index (χ3n) is 5.13. The lowest BCUT2D eigenvalue weighted by molar-refractivity contribution is -0.142. The van der Waals surface area contributed by atoms with E-state index in [0.717, 1.165) is 28.4 Å². The van der Waals surface area contributed by atoms with Crippen LogP contribution in [0.3, 0.4) is 0 Å². The van der Waals surface area contributed by atoms with Crippen molar-refractivity contribution in [3.63, 3.8) is 0 Å². The van der Waals surface area contributed by atoms with Gasteiger partial charge in [0.25, 0.3) is 5.91 Å². The van der Waals surface area contributed by atoms with E-state index in [2.05, 4.69) is 20.4 Å². The fraction of sp³-hybridized carbons (Fsp3) is 0.273. The molecule has 10 heteroatoms. The molecule has 0 fully saturated rings. The normalized spacial score (nSPS) is 12.0. The molecule has 0 aliphatic rings. The summed E-state index contributed by atoms with van der Waals surface area (Å²) in [5.74, 6) is -0.338. The molecule has 1 N–H and O–H groups in total. The van der Waals surface area contributed by atoms with Crippen molar-refractivity contribution < 1.29 is 18.0 Å². The first-order valence-corrected chi connectivity index (χ1v) is 10.7. The van der Waals surface area contributed by atoms with Crippen LogP contribution in [0, 0.1) is 13.8 Å². The van der Waals surface area contributed by atoms with Crippen molar-refractivity contribution in [2.75, 3.05) is 5.32 Å². The van der Waals surface area contributed by atoms with E-state index in [4.69, 9.17) is 0 Å². The van der Waals surface area contributed by atoms with Crippen molar-refractivity contribution in [1.29, 1.82) is 0 Å². The fourth-order valence-electron chi connectivity index (χ4n) is 3.20. The Hall–Kier alpha value is -3.27. The Morgan fingerprint density at radius 2 is 1.81 bits per heavy atom. The minimum Gasteiger partial charge on any atom is -0.298 e. The zero-order chi connectivity index (χ0) is 23.2. The van der Waals surface area contributed by atoms with Crippen LogP contribution in [0.15, 0.2) is 36.5 Å². The van der Waals surface area contributed by atoms with E-state index in [9.17, 15) is 18.0 Å². The highest BCUT2D eigenvalue weighted by Gasteiger charge is 2.36. The van der Waals surface area contributed by atoms with Gasteiger partial charge in [-0.2, -0.15) is 18.3 Å². The van der Waals surface area contributed by atoms with Crippen LogP contribution < -0.4 is 5.32 Å². The molecule has 0 atom stereocenters. The molecule has 3 aromatic heterocycles. The molecule has 0 aliphatic carbocycles. The first kappa shape index (κ1) is 21.9. The van der Waals surface area contributed by atoms with Gasteiger partial charge in [-0.15, -0.1) is 11.3 Å². The highest BCUT2D eigenvalue weighted by molar-refractivity contribution is 7.15. The monoisotopic (exact) mass is 459 g/mol. The zero-order valence-corrected chi connectivity index (χ0v) is 18.6. The Balaban J connectivity index is 1.81. The maximum Gasteiger partial charge on any atom is 0.433 e. The van der Waals surface area contributed by atoms with E-state index < -0.39 is 17.8 Å². The van der Waals surface area contributed by atoms with Gasteiger partial charge in [0.05, 0.1) is 17.6 Å². The Kier molecular flexibility index (Phi) is 5.49. The van der Waals surface area contributed by atoms with Crippen LogP contribution in [0.5, 0.6) is 0 Å². The maximum atomic E-state index is 13.8. The molecule has 4 aromatic rings.